The summed E-state index contributed by atoms with van der Waals surface area (Å²) in [5.41, 5.74) is 1.92. The van der Waals surface area contributed by atoms with Crippen molar-refractivity contribution < 1.29 is 10.0 Å². The SMILES string of the molecule is Cc1ccc([N+](=O)[O-])cc1NCC1CCCC(O)C1. The van der Waals surface area contributed by atoms with E-state index in [-0.39, 0.29) is 16.7 Å². The summed E-state index contributed by atoms with van der Waals surface area (Å²) in [6.07, 6.45) is 3.69. The first-order valence-corrected chi connectivity index (χ1v) is 6.73. The zero-order valence-electron chi connectivity index (χ0n) is 11.1. The fraction of sp³-hybridized carbons (Fsp3) is 0.571. The third-order valence-electron chi connectivity index (χ3n) is 3.77. The maximum absolute atomic E-state index is 10.8. The molecule has 19 heavy (non-hydrogen) atoms. The summed E-state index contributed by atoms with van der Waals surface area (Å²) in [4.78, 5) is 10.4. The highest BCUT2D eigenvalue weighted by Crippen LogP contribution is 2.26. The molecule has 0 aromatic heterocycles. The molecule has 2 unspecified atom stereocenters. The van der Waals surface area contributed by atoms with Gasteiger partial charge in [-0.1, -0.05) is 12.5 Å². The minimum atomic E-state index is -0.380. The topological polar surface area (TPSA) is 75.4 Å². The van der Waals surface area contributed by atoms with E-state index in [0.717, 1.165) is 43.5 Å². The lowest BCUT2D eigenvalue weighted by molar-refractivity contribution is -0.384. The highest BCUT2D eigenvalue weighted by Gasteiger charge is 2.20. The van der Waals surface area contributed by atoms with Gasteiger partial charge in [0.05, 0.1) is 11.0 Å². The monoisotopic (exact) mass is 264 g/mol. The van der Waals surface area contributed by atoms with E-state index in [9.17, 15) is 15.2 Å². The van der Waals surface area contributed by atoms with Crippen LogP contribution in [-0.4, -0.2) is 22.7 Å². The number of aliphatic hydroxyl groups is 1. The average Bonchev–Trinajstić information content (AvgIpc) is 2.37. The molecule has 2 N–H and O–H groups in total. The predicted octanol–water partition coefficient (Wildman–Crippen LogP) is 2.87. The molecule has 1 aliphatic carbocycles. The summed E-state index contributed by atoms with van der Waals surface area (Å²) in [5, 5.41) is 23.7. The predicted molar refractivity (Wildman–Crippen MR) is 74.3 cm³/mol. The van der Waals surface area contributed by atoms with Gasteiger partial charge in [0.1, 0.15) is 0 Å². The normalized spacial score (nSPS) is 23.1. The minimum absolute atomic E-state index is 0.108. The molecule has 1 aliphatic rings. The number of non-ortho nitro benzene ring substituents is 1. The van der Waals surface area contributed by atoms with Crippen LogP contribution >= 0.6 is 0 Å². The number of nitro groups is 1. The van der Waals surface area contributed by atoms with Gasteiger partial charge in [0.2, 0.25) is 0 Å². The second-order valence-corrected chi connectivity index (χ2v) is 5.32. The lowest BCUT2D eigenvalue weighted by atomic mass is 9.87. The Labute approximate surface area is 112 Å². The smallest absolute Gasteiger partial charge is 0.271 e. The Morgan fingerprint density at radius 2 is 2.26 bits per heavy atom. The van der Waals surface area contributed by atoms with Gasteiger partial charge in [-0.15, -0.1) is 0 Å². The van der Waals surface area contributed by atoms with Crippen molar-refractivity contribution in [2.45, 2.75) is 38.7 Å². The van der Waals surface area contributed by atoms with Gasteiger partial charge < -0.3 is 10.4 Å². The number of hydrogen-bond donors (Lipinski definition) is 2. The molecular formula is C14H20N2O3. The molecular weight excluding hydrogens is 244 g/mol. The van der Waals surface area contributed by atoms with Crippen LogP contribution in [0.15, 0.2) is 18.2 Å². The molecule has 1 aromatic carbocycles. The number of aryl methyl sites for hydroxylation is 1. The third kappa shape index (κ3) is 3.67. The van der Waals surface area contributed by atoms with E-state index in [1.807, 2.05) is 6.92 Å². The Bertz CT molecular complexity index is 462. The second kappa shape index (κ2) is 6.02. The molecule has 1 aromatic rings. The van der Waals surface area contributed by atoms with Crippen molar-refractivity contribution in [1.29, 1.82) is 0 Å². The van der Waals surface area contributed by atoms with Crippen LogP contribution < -0.4 is 5.32 Å². The minimum Gasteiger partial charge on any atom is -0.393 e. The zero-order chi connectivity index (χ0) is 13.8. The van der Waals surface area contributed by atoms with Crippen molar-refractivity contribution in [2.75, 3.05) is 11.9 Å². The van der Waals surface area contributed by atoms with Crippen molar-refractivity contribution in [3.8, 4) is 0 Å². The Hall–Kier alpha value is -1.62. The molecule has 0 heterocycles. The average molecular weight is 264 g/mol. The number of nitrogens with zero attached hydrogens (tertiary/aromatic N) is 1. The Balaban J connectivity index is 1.98. The Morgan fingerprint density at radius 1 is 1.47 bits per heavy atom. The first-order valence-electron chi connectivity index (χ1n) is 6.73. The van der Waals surface area contributed by atoms with Crippen LogP contribution in [0, 0.1) is 23.0 Å². The largest absolute Gasteiger partial charge is 0.393 e. The first kappa shape index (κ1) is 13.8. The standard InChI is InChI=1S/C14H20N2O3/c1-10-5-6-12(16(18)19)8-14(10)15-9-11-3-2-4-13(17)7-11/h5-6,8,11,13,15,17H,2-4,7,9H2,1H3. The van der Waals surface area contributed by atoms with E-state index < -0.39 is 0 Å². The highest BCUT2D eigenvalue weighted by atomic mass is 16.6. The highest BCUT2D eigenvalue weighted by molar-refractivity contribution is 5.56. The number of nitrogens with one attached hydrogen (secondary N) is 1. The molecule has 2 rings (SSSR count). The summed E-state index contributed by atoms with van der Waals surface area (Å²) in [6, 6.07) is 4.86. The molecule has 0 bridgehead atoms. The maximum Gasteiger partial charge on any atom is 0.271 e. The molecule has 0 saturated heterocycles. The lowest BCUT2D eigenvalue weighted by Crippen LogP contribution is -2.25. The fourth-order valence-electron chi connectivity index (χ4n) is 2.62. The van der Waals surface area contributed by atoms with Crippen LogP contribution in [0.3, 0.4) is 0 Å². The van der Waals surface area contributed by atoms with Crippen LogP contribution in [0.25, 0.3) is 0 Å². The van der Waals surface area contributed by atoms with Gasteiger partial charge in [0.15, 0.2) is 0 Å². The van der Waals surface area contributed by atoms with Crippen LogP contribution in [-0.2, 0) is 0 Å². The van der Waals surface area contributed by atoms with Gasteiger partial charge in [0.25, 0.3) is 5.69 Å². The van der Waals surface area contributed by atoms with Gasteiger partial charge >= 0.3 is 0 Å². The summed E-state index contributed by atoms with van der Waals surface area (Å²) in [7, 11) is 0. The molecule has 2 atom stereocenters. The number of aliphatic hydroxyl groups excluding tert-OH is 1. The molecule has 1 saturated carbocycles. The van der Waals surface area contributed by atoms with Crippen molar-refractivity contribution in [3.05, 3.63) is 33.9 Å². The number of nitro benzene ring substituents is 1. The maximum atomic E-state index is 10.8. The molecule has 5 nitrogen and oxygen atoms in total. The van der Waals surface area contributed by atoms with Crippen LogP contribution in [0.1, 0.15) is 31.2 Å². The van der Waals surface area contributed by atoms with E-state index in [0.29, 0.717) is 5.92 Å². The van der Waals surface area contributed by atoms with Crippen LogP contribution in [0.5, 0.6) is 0 Å². The third-order valence-corrected chi connectivity index (χ3v) is 3.77. The lowest BCUT2D eigenvalue weighted by Gasteiger charge is -2.26. The first-order chi connectivity index (χ1) is 9.06. The van der Waals surface area contributed by atoms with Gasteiger partial charge in [-0.3, -0.25) is 10.1 Å². The Kier molecular flexibility index (Phi) is 4.37. The van der Waals surface area contributed by atoms with Gasteiger partial charge in [0, 0.05) is 24.4 Å². The number of rotatable bonds is 4. The summed E-state index contributed by atoms with van der Waals surface area (Å²) < 4.78 is 0. The van der Waals surface area contributed by atoms with Crippen LogP contribution in [0.4, 0.5) is 11.4 Å². The second-order valence-electron chi connectivity index (χ2n) is 5.32. The van der Waals surface area contributed by atoms with Gasteiger partial charge in [-0.05, 0) is 37.7 Å². The van der Waals surface area contributed by atoms with Gasteiger partial charge in [-0.25, -0.2) is 0 Å². The van der Waals surface area contributed by atoms with Crippen LogP contribution in [0.2, 0.25) is 0 Å². The van der Waals surface area contributed by atoms with Gasteiger partial charge in [-0.2, -0.15) is 0 Å². The van der Waals surface area contributed by atoms with Crippen molar-refractivity contribution in [1.82, 2.24) is 0 Å². The quantitative estimate of drug-likeness (QED) is 0.647. The molecule has 0 amide bonds. The van der Waals surface area contributed by atoms with E-state index in [2.05, 4.69) is 5.32 Å². The molecule has 5 heteroatoms. The zero-order valence-corrected chi connectivity index (χ0v) is 11.1. The molecule has 0 aliphatic heterocycles. The van der Waals surface area contributed by atoms with E-state index in [1.54, 1.807) is 12.1 Å². The van der Waals surface area contributed by atoms with E-state index in [1.165, 1.54) is 6.07 Å². The molecule has 0 radical (unpaired) electrons. The summed E-state index contributed by atoms with van der Waals surface area (Å²) >= 11 is 0. The number of anilines is 1. The summed E-state index contributed by atoms with van der Waals surface area (Å²) in [5.74, 6) is 0.447. The molecule has 104 valence electrons. The molecule has 1 fully saturated rings. The Morgan fingerprint density at radius 3 is 2.95 bits per heavy atom. The van der Waals surface area contributed by atoms with E-state index >= 15 is 0 Å². The number of benzene rings is 1. The van der Waals surface area contributed by atoms with Crippen molar-refractivity contribution >= 4 is 11.4 Å². The molecule has 0 spiro atoms. The van der Waals surface area contributed by atoms with Crippen molar-refractivity contribution in [3.63, 3.8) is 0 Å². The van der Waals surface area contributed by atoms with Crippen molar-refractivity contribution in [2.24, 2.45) is 5.92 Å². The fourth-order valence-corrected chi connectivity index (χ4v) is 2.62. The summed E-state index contributed by atoms with van der Waals surface area (Å²) in [6.45, 7) is 2.70. The number of hydrogen-bond acceptors (Lipinski definition) is 4. The van der Waals surface area contributed by atoms with E-state index in [4.69, 9.17) is 0 Å².